The zero-order valence-corrected chi connectivity index (χ0v) is 11.6. The van der Waals surface area contributed by atoms with Gasteiger partial charge >= 0.3 is 0 Å². The summed E-state index contributed by atoms with van der Waals surface area (Å²) in [6, 6.07) is -0.0840. The zero-order valence-electron chi connectivity index (χ0n) is 11.6. The van der Waals surface area contributed by atoms with Gasteiger partial charge in [0.05, 0.1) is 6.04 Å². The third kappa shape index (κ3) is 3.01. The fraction of sp³-hybridized carbons (Fsp3) is 0.929. The number of piperidine rings is 1. The second kappa shape index (κ2) is 6.39. The van der Waals surface area contributed by atoms with Crippen molar-refractivity contribution in [1.29, 1.82) is 0 Å². The van der Waals surface area contributed by atoms with Gasteiger partial charge in [-0.3, -0.25) is 4.79 Å². The van der Waals surface area contributed by atoms with Crippen molar-refractivity contribution < 1.29 is 7.65 Å². The lowest BCUT2D eigenvalue weighted by Gasteiger charge is -2.50. The smallest absolute Gasteiger partial charge is 0.234 e. The van der Waals surface area contributed by atoms with E-state index in [1.807, 2.05) is 13.8 Å². The number of nitrogens with one attached hydrogen (secondary N) is 1. The van der Waals surface area contributed by atoms with E-state index in [2.05, 4.69) is 12.2 Å². The molecule has 2 fully saturated rings. The number of rotatable bonds is 2. The molecule has 3 nitrogen and oxygen atoms in total. The van der Waals surface area contributed by atoms with Crippen molar-refractivity contribution in [2.75, 3.05) is 0 Å². The first kappa shape index (κ1) is 14.5. The van der Waals surface area contributed by atoms with Gasteiger partial charge in [0.1, 0.15) is 0 Å². The van der Waals surface area contributed by atoms with Crippen LogP contribution in [0, 0.1) is 5.92 Å². The summed E-state index contributed by atoms with van der Waals surface area (Å²) in [6.45, 7) is 6.23. The van der Waals surface area contributed by atoms with Gasteiger partial charge in [-0.2, -0.15) is 0 Å². The Kier molecular flexibility index (Phi) is 5.44. The van der Waals surface area contributed by atoms with Crippen LogP contribution in [0.5, 0.6) is 0 Å². The number of primary amides is 1. The van der Waals surface area contributed by atoms with Gasteiger partial charge in [-0.25, -0.2) is 0 Å². The SMILES string of the molecule is CC.CC[C@@]12CCCCC1CC[C@H](C(N)=O)N2.[HH].[HH]. The molecule has 0 bridgehead atoms. The molecule has 0 spiro atoms. The first-order valence-electron chi connectivity index (χ1n) is 7.25. The highest BCUT2D eigenvalue weighted by atomic mass is 16.1. The predicted molar refractivity (Wildman–Crippen MR) is 75.9 cm³/mol. The Morgan fingerprint density at radius 2 is 2.06 bits per heavy atom. The monoisotopic (exact) mass is 244 g/mol. The average molecular weight is 244 g/mol. The van der Waals surface area contributed by atoms with E-state index in [1.165, 1.54) is 32.1 Å². The largest absolute Gasteiger partial charge is 0.368 e. The van der Waals surface area contributed by atoms with Crippen molar-refractivity contribution in [2.24, 2.45) is 11.7 Å². The molecule has 0 aromatic carbocycles. The predicted octanol–water partition coefficient (Wildman–Crippen LogP) is 3.08. The van der Waals surface area contributed by atoms with Crippen LogP contribution in [-0.4, -0.2) is 17.5 Å². The van der Waals surface area contributed by atoms with Crippen molar-refractivity contribution in [2.45, 2.75) is 77.3 Å². The lowest BCUT2D eigenvalue weighted by molar-refractivity contribution is -0.122. The van der Waals surface area contributed by atoms with Gasteiger partial charge in [0, 0.05) is 8.39 Å². The number of hydrogen-bond donors (Lipinski definition) is 2. The van der Waals surface area contributed by atoms with E-state index in [9.17, 15) is 4.79 Å². The molecule has 1 aliphatic carbocycles. The van der Waals surface area contributed by atoms with Crippen molar-refractivity contribution >= 4 is 5.91 Å². The molecule has 3 heteroatoms. The molecule has 1 amide bonds. The topological polar surface area (TPSA) is 55.1 Å². The molecule has 2 rings (SSSR count). The third-order valence-corrected chi connectivity index (χ3v) is 4.45. The highest BCUT2D eigenvalue weighted by molar-refractivity contribution is 5.80. The molecule has 3 atom stereocenters. The number of carbonyl (C=O) groups is 1. The van der Waals surface area contributed by atoms with Gasteiger partial charge in [-0.1, -0.05) is 33.6 Å². The second-order valence-electron chi connectivity index (χ2n) is 5.13. The minimum absolute atomic E-state index is 0. The van der Waals surface area contributed by atoms with Crippen LogP contribution >= 0.6 is 0 Å². The Hall–Kier alpha value is -0.570. The summed E-state index contributed by atoms with van der Waals surface area (Å²) in [5.41, 5.74) is 5.62. The molecule has 0 aromatic heterocycles. The molecular formula is C14H32N2O. The van der Waals surface area contributed by atoms with Crippen molar-refractivity contribution in [1.82, 2.24) is 5.32 Å². The zero-order chi connectivity index (χ0) is 12.9. The Morgan fingerprint density at radius 1 is 1.35 bits per heavy atom. The maximum atomic E-state index is 11.2. The van der Waals surface area contributed by atoms with E-state index >= 15 is 0 Å². The molecule has 3 N–H and O–H groups in total. The van der Waals surface area contributed by atoms with Gasteiger partial charge in [0.2, 0.25) is 5.91 Å². The van der Waals surface area contributed by atoms with Crippen LogP contribution in [0.3, 0.4) is 0 Å². The normalized spacial score (nSPS) is 36.4. The summed E-state index contributed by atoms with van der Waals surface area (Å²) in [6.07, 6.45) is 8.43. The summed E-state index contributed by atoms with van der Waals surface area (Å²) in [5, 5.41) is 3.54. The minimum atomic E-state index is -0.174. The van der Waals surface area contributed by atoms with E-state index in [-0.39, 0.29) is 20.3 Å². The molecule has 1 aliphatic heterocycles. The van der Waals surface area contributed by atoms with Crippen LogP contribution < -0.4 is 11.1 Å². The molecule has 104 valence electrons. The van der Waals surface area contributed by atoms with Gasteiger partial charge in [0.25, 0.3) is 0 Å². The minimum Gasteiger partial charge on any atom is -0.368 e. The Balaban J connectivity index is 0. The first-order chi connectivity index (χ1) is 8.18. The number of fused-ring (bicyclic) bond motifs is 1. The molecular weight excluding hydrogens is 212 g/mol. The number of hydrogen-bond acceptors (Lipinski definition) is 2. The molecule has 1 saturated carbocycles. The van der Waals surface area contributed by atoms with E-state index in [4.69, 9.17) is 5.73 Å². The number of nitrogens with two attached hydrogens (primary N) is 1. The Morgan fingerprint density at radius 3 is 2.65 bits per heavy atom. The third-order valence-electron chi connectivity index (χ3n) is 4.45. The average Bonchev–Trinajstić information content (AvgIpc) is 2.40. The van der Waals surface area contributed by atoms with Crippen LogP contribution in [0.2, 0.25) is 0 Å². The van der Waals surface area contributed by atoms with Crippen LogP contribution in [0.25, 0.3) is 0 Å². The maximum Gasteiger partial charge on any atom is 0.234 e. The molecule has 17 heavy (non-hydrogen) atoms. The Labute approximate surface area is 108 Å². The summed E-state index contributed by atoms with van der Waals surface area (Å²) < 4.78 is 0. The molecule has 1 unspecified atom stereocenters. The van der Waals surface area contributed by atoms with E-state index in [0.29, 0.717) is 0 Å². The van der Waals surface area contributed by atoms with Gasteiger partial charge < -0.3 is 11.1 Å². The lowest BCUT2D eigenvalue weighted by Crippen LogP contribution is -2.62. The number of amides is 1. The second-order valence-corrected chi connectivity index (χ2v) is 5.13. The highest BCUT2D eigenvalue weighted by Crippen LogP contribution is 2.42. The van der Waals surface area contributed by atoms with E-state index in [1.54, 1.807) is 0 Å². The summed E-state index contributed by atoms with van der Waals surface area (Å²) in [4.78, 5) is 11.2. The van der Waals surface area contributed by atoms with Crippen molar-refractivity contribution in [3.8, 4) is 0 Å². The fourth-order valence-electron chi connectivity index (χ4n) is 3.49. The standard InChI is InChI=1S/C12H22N2O.C2H6.2H2/c1-2-12-8-4-3-5-9(12)6-7-10(14-12)11(13)15;1-2;;/h9-10,14H,2-8H2,1H3,(H2,13,15);1-2H3;2*1H/t9?,10-,12-;;;/m1.../s1. The Bertz CT molecular complexity index is 264. The van der Waals surface area contributed by atoms with Crippen molar-refractivity contribution in [3.63, 3.8) is 0 Å². The van der Waals surface area contributed by atoms with Gasteiger partial charge in [-0.05, 0) is 38.0 Å². The number of carbonyl (C=O) groups excluding carboxylic acids is 1. The summed E-state index contributed by atoms with van der Waals surface area (Å²) in [5.74, 6) is 0.596. The van der Waals surface area contributed by atoms with Crippen LogP contribution in [0.4, 0.5) is 0 Å². The summed E-state index contributed by atoms with van der Waals surface area (Å²) in [7, 11) is 0. The van der Waals surface area contributed by atoms with Crippen molar-refractivity contribution in [3.05, 3.63) is 0 Å². The summed E-state index contributed by atoms with van der Waals surface area (Å²) >= 11 is 0. The lowest BCUT2D eigenvalue weighted by atomic mass is 9.66. The van der Waals surface area contributed by atoms with E-state index < -0.39 is 0 Å². The molecule has 1 saturated heterocycles. The molecule has 0 radical (unpaired) electrons. The molecule has 2 aliphatic rings. The van der Waals surface area contributed by atoms with E-state index in [0.717, 1.165) is 18.8 Å². The van der Waals surface area contributed by atoms with Crippen LogP contribution in [-0.2, 0) is 4.79 Å². The fourth-order valence-corrected chi connectivity index (χ4v) is 3.49. The molecule has 0 aromatic rings. The maximum absolute atomic E-state index is 11.2. The van der Waals surface area contributed by atoms with Crippen LogP contribution in [0.1, 0.15) is 68.6 Å². The van der Waals surface area contributed by atoms with Gasteiger partial charge in [0.15, 0.2) is 0 Å². The molecule has 1 heterocycles. The quantitative estimate of drug-likeness (QED) is 0.784. The van der Waals surface area contributed by atoms with Crippen LogP contribution in [0.15, 0.2) is 0 Å². The van der Waals surface area contributed by atoms with Gasteiger partial charge in [-0.15, -0.1) is 0 Å². The first-order valence-corrected chi connectivity index (χ1v) is 7.25. The highest BCUT2D eigenvalue weighted by Gasteiger charge is 2.44.